The smallest absolute Gasteiger partial charge is 0.240 e. The number of carbonyl (C=O) groups is 1. The Morgan fingerprint density at radius 2 is 2.14 bits per heavy atom. The Morgan fingerprint density at radius 1 is 1.41 bits per heavy atom. The SMILES string of the molecule is Cc1cc(NC(=O)C(C)Sc2nc(C)nc(C)c2C#N)on1. The van der Waals surface area contributed by atoms with E-state index in [-0.39, 0.29) is 5.91 Å². The third kappa shape index (κ3) is 3.62. The number of anilines is 1. The van der Waals surface area contributed by atoms with Crippen LogP contribution in [0.1, 0.15) is 29.7 Å². The highest BCUT2D eigenvalue weighted by Crippen LogP contribution is 2.27. The lowest BCUT2D eigenvalue weighted by atomic mass is 10.3. The highest BCUT2D eigenvalue weighted by Gasteiger charge is 2.20. The highest BCUT2D eigenvalue weighted by molar-refractivity contribution is 8.00. The van der Waals surface area contributed by atoms with Crippen LogP contribution >= 0.6 is 11.8 Å². The minimum Gasteiger partial charge on any atom is -0.338 e. The molecule has 0 fully saturated rings. The van der Waals surface area contributed by atoms with Gasteiger partial charge in [0.1, 0.15) is 22.5 Å². The van der Waals surface area contributed by atoms with Crippen LogP contribution < -0.4 is 5.32 Å². The van der Waals surface area contributed by atoms with Crippen molar-refractivity contribution < 1.29 is 9.32 Å². The molecule has 0 aliphatic carbocycles. The van der Waals surface area contributed by atoms with Gasteiger partial charge in [-0.15, -0.1) is 0 Å². The van der Waals surface area contributed by atoms with Gasteiger partial charge in [0.15, 0.2) is 0 Å². The maximum atomic E-state index is 12.1. The number of thioether (sulfide) groups is 1. The third-order valence-corrected chi connectivity index (χ3v) is 3.90. The number of aromatic nitrogens is 3. The van der Waals surface area contributed by atoms with Crippen molar-refractivity contribution in [1.29, 1.82) is 5.26 Å². The first-order chi connectivity index (χ1) is 10.4. The molecule has 2 heterocycles. The zero-order chi connectivity index (χ0) is 16.3. The number of amides is 1. The molecular formula is C14H15N5O2S. The second-order valence-electron chi connectivity index (χ2n) is 4.73. The molecule has 2 rings (SSSR count). The molecule has 22 heavy (non-hydrogen) atoms. The Bertz CT molecular complexity index is 750. The topological polar surface area (TPSA) is 105 Å². The van der Waals surface area contributed by atoms with E-state index in [1.165, 1.54) is 11.8 Å². The summed E-state index contributed by atoms with van der Waals surface area (Å²) in [4.78, 5) is 20.6. The van der Waals surface area contributed by atoms with Crippen molar-refractivity contribution in [1.82, 2.24) is 15.1 Å². The van der Waals surface area contributed by atoms with Crippen LogP contribution in [0.2, 0.25) is 0 Å². The van der Waals surface area contributed by atoms with E-state index in [0.29, 0.717) is 33.7 Å². The van der Waals surface area contributed by atoms with Crippen LogP contribution in [0, 0.1) is 32.1 Å². The molecule has 0 spiro atoms. The monoisotopic (exact) mass is 317 g/mol. The van der Waals surface area contributed by atoms with Gasteiger partial charge in [-0.2, -0.15) is 5.26 Å². The zero-order valence-electron chi connectivity index (χ0n) is 12.7. The molecule has 1 N–H and O–H groups in total. The quantitative estimate of drug-likeness (QED) is 0.681. The molecule has 0 bridgehead atoms. The first-order valence-electron chi connectivity index (χ1n) is 6.57. The predicted octanol–water partition coefficient (Wildman–Crippen LogP) is 2.38. The number of hydrogen-bond donors (Lipinski definition) is 1. The molecule has 0 aliphatic heterocycles. The van der Waals surface area contributed by atoms with Crippen LogP contribution in [-0.2, 0) is 4.79 Å². The van der Waals surface area contributed by atoms with Gasteiger partial charge < -0.3 is 4.52 Å². The first-order valence-corrected chi connectivity index (χ1v) is 7.45. The van der Waals surface area contributed by atoms with Crippen LogP contribution in [0.3, 0.4) is 0 Å². The Hall–Kier alpha value is -2.40. The lowest BCUT2D eigenvalue weighted by molar-refractivity contribution is -0.115. The molecule has 7 nitrogen and oxygen atoms in total. The van der Waals surface area contributed by atoms with E-state index in [0.717, 1.165) is 0 Å². The van der Waals surface area contributed by atoms with Gasteiger partial charge >= 0.3 is 0 Å². The predicted molar refractivity (Wildman–Crippen MR) is 81.4 cm³/mol. The summed E-state index contributed by atoms with van der Waals surface area (Å²) in [5, 5.41) is 15.6. The van der Waals surface area contributed by atoms with Gasteiger partial charge in [0.2, 0.25) is 11.8 Å². The lowest BCUT2D eigenvalue weighted by Crippen LogP contribution is -2.22. The molecule has 2 aromatic rings. The normalized spacial score (nSPS) is 11.8. The fourth-order valence-corrected chi connectivity index (χ4v) is 2.76. The van der Waals surface area contributed by atoms with Crippen molar-refractivity contribution >= 4 is 23.6 Å². The Labute approximate surface area is 132 Å². The second-order valence-corrected chi connectivity index (χ2v) is 6.06. The molecule has 0 saturated heterocycles. The van der Waals surface area contributed by atoms with Gasteiger partial charge in [0, 0.05) is 6.07 Å². The van der Waals surface area contributed by atoms with Crippen LogP contribution in [-0.4, -0.2) is 26.3 Å². The van der Waals surface area contributed by atoms with Crippen LogP contribution in [0.5, 0.6) is 0 Å². The van der Waals surface area contributed by atoms with Gasteiger partial charge in [0.25, 0.3) is 0 Å². The van der Waals surface area contributed by atoms with E-state index < -0.39 is 5.25 Å². The summed E-state index contributed by atoms with van der Waals surface area (Å²) in [5.74, 6) is 0.613. The first kappa shape index (κ1) is 16.0. The van der Waals surface area contributed by atoms with Crippen molar-refractivity contribution in [3.8, 4) is 6.07 Å². The van der Waals surface area contributed by atoms with Crippen molar-refractivity contribution in [2.45, 2.75) is 38.0 Å². The molecule has 0 saturated carbocycles. The molecule has 8 heteroatoms. The van der Waals surface area contributed by atoms with Gasteiger partial charge in [-0.1, -0.05) is 16.9 Å². The third-order valence-electron chi connectivity index (χ3n) is 2.81. The van der Waals surface area contributed by atoms with Crippen LogP contribution in [0.15, 0.2) is 15.6 Å². The summed E-state index contributed by atoms with van der Waals surface area (Å²) >= 11 is 1.21. The summed E-state index contributed by atoms with van der Waals surface area (Å²) in [7, 11) is 0. The summed E-state index contributed by atoms with van der Waals surface area (Å²) in [6, 6.07) is 3.72. The molecule has 1 unspecified atom stereocenters. The van der Waals surface area contributed by atoms with Gasteiger partial charge in [-0.25, -0.2) is 9.97 Å². The van der Waals surface area contributed by atoms with Crippen molar-refractivity contribution in [2.24, 2.45) is 0 Å². The highest BCUT2D eigenvalue weighted by atomic mass is 32.2. The summed E-state index contributed by atoms with van der Waals surface area (Å²) in [6.07, 6.45) is 0. The number of rotatable bonds is 4. The van der Waals surface area contributed by atoms with Crippen LogP contribution in [0.4, 0.5) is 5.88 Å². The van der Waals surface area contributed by atoms with Crippen LogP contribution in [0.25, 0.3) is 0 Å². The fraction of sp³-hybridized carbons (Fsp3) is 0.357. The van der Waals surface area contributed by atoms with Gasteiger partial charge in [-0.3, -0.25) is 10.1 Å². The van der Waals surface area contributed by atoms with E-state index in [2.05, 4.69) is 26.5 Å². The minimum absolute atomic E-state index is 0.251. The summed E-state index contributed by atoms with van der Waals surface area (Å²) in [5.41, 5.74) is 1.69. The molecule has 2 aromatic heterocycles. The van der Waals surface area contributed by atoms with Crippen molar-refractivity contribution in [3.63, 3.8) is 0 Å². The van der Waals surface area contributed by atoms with E-state index in [9.17, 15) is 10.1 Å². The van der Waals surface area contributed by atoms with E-state index in [1.54, 1.807) is 33.8 Å². The largest absolute Gasteiger partial charge is 0.338 e. The summed E-state index contributed by atoms with van der Waals surface area (Å²) in [6.45, 7) is 7.00. The number of hydrogen-bond acceptors (Lipinski definition) is 7. The number of nitrogens with one attached hydrogen (secondary N) is 1. The van der Waals surface area contributed by atoms with E-state index in [4.69, 9.17) is 4.52 Å². The number of aryl methyl sites for hydroxylation is 3. The Kier molecular flexibility index (Phi) is 4.78. The van der Waals surface area contributed by atoms with E-state index in [1.807, 2.05) is 0 Å². The minimum atomic E-state index is -0.453. The molecule has 0 radical (unpaired) electrons. The molecule has 0 aromatic carbocycles. The summed E-state index contributed by atoms with van der Waals surface area (Å²) < 4.78 is 4.95. The lowest BCUT2D eigenvalue weighted by Gasteiger charge is -2.11. The average Bonchev–Trinajstić information content (AvgIpc) is 2.83. The number of carbonyl (C=O) groups excluding carboxylic acids is 1. The van der Waals surface area contributed by atoms with Crippen molar-refractivity contribution in [3.05, 3.63) is 28.8 Å². The fourth-order valence-electron chi connectivity index (χ4n) is 1.76. The van der Waals surface area contributed by atoms with Crippen molar-refractivity contribution in [2.75, 3.05) is 5.32 Å². The standard InChI is InChI=1S/C14H15N5O2S/c1-7-5-12(21-19-7)18-13(20)9(3)22-14-11(6-15)8(2)16-10(4)17-14/h5,9H,1-4H3,(H,18,20). The maximum Gasteiger partial charge on any atom is 0.240 e. The number of nitrogens with zero attached hydrogens (tertiary/aromatic N) is 4. The second kappa shape index (κ2) is 6.58. The Morgan fingerprint density at radius 3 is 2.73 bits per heavy atom. The molecular weight excluding hydrogens is 302 g/mol. The van der Waals surface area contributed by atoms with E-state index >= 15 is 0 Å². The van der Waals surface area contributed by atoms with Gasteiger partial charge in [-0.05, 0) is 27.7 Å². The molecule has 114 valence electrons. The number of nitriles is 1. The zero-order valence-corrected chi connectivity index (χ0v) is 13.5. The molecule has 1 amide bonds. The maximum absolute atomic E-state index is 12.1. The molecule has 1 atom stereocenters. The Balaban J connectivity index is 2.13. The van der Waals surface area contributed by atoms with Gasteiger partial charge in [0.05, 0.1) is 16.6 Å². The average molecular weight is 317 g/mol. The molecule has 0 aliphatic rings.